The molecule has 3 rings (SSSR count). The highest BCUT2D eigenvalue weighted by Crippen LogP contribution is 2.28. The van der Waals surface area contributed by atoms with Gasteiger partial charge in [-0.15, -0.1) is 0 Å². The second-order valence-corrected chi connectivity index (χ2v) is 6.25. The van der Waals surface area contributed by atoms with Gasteiger partial charge in [-0.1, -0.05) is 35.9 Å². The van der Waals surface area contributed by atoms with Crippen molar-refractivity contribution in [3.05, 3.63) is 51.8 Å². The molecule has 2 aromatic rings. The third-order valence-electron chi connectivity index (χ3n) is 4.45. The van der Waals surface area contributed by atoms with Gasteiger partial charge in [-0.3, -0.25) is 14.4 Å². The summed E-state index contributed by atoms with van der Waals surface area (Å²) in [5, 5.41) is 4.97. The molecule has 5 nitrogen and oxygen atoms in total. The molecular weight excluding hydrogens is 314 g/mol. The highest BCUT2D eigenvalue weighted by Gasteiger charge is 2.33. The lowest BCUT2D eigenvalue weighted by atomic mass is 9.93. The van der Waals surface area contributed by atoms with Gasteiger partial charge < -0.3 is 4.74 Å². The first-order valence-electron chi connectivity index (χ1n) is 7.58. The number of methoxy groups -OCH3 is 1. The van der Waals surface area contributed by atoms with E-state index in [0.29, 0.717) is 24.7 Å². The Labute approximate surface area is 140 Å². The van der Waals surface area contributed by atoms with Crippen LogP contribution in [-0.2, 0) is 36.1 Å². The van der Waals surface area contributed by atoms with Gasteiger partial charge in [0, 0.05) is 25.7 Å². The van der Waals surface area contributed by atoms with Gasteiger partial charge in [-0.2, -0.15) is 5.10 Å². The topological polar surface area (TPSA) is 47.4 Å². The zero-order chi connectivity index (χ0) is 16.6. The molecule has 0 amide bonds. The molecular formula is C17H20ClN3O2. The first kappa shape index (κ1) is 16.0. The molecule has 2 heterocycles. The van der Waals surface area contributed by atoms with E-state index in [4.69, 9.17) is 16.3 Å². The molecule has 122 valence electrons. The number of carbonyl (C=O) groups excluding carboxylic acids is 1. The van der Waals surface area contributed by atoms with Crippen molar-refractivity contribution >= 4 is 17.6 Å². The maximum absolute atomic E-state index is 12.2. The van der Waals surface area contributed by atoms with Crippen molar-refractivity contribution < 1.29 is 9.53 Å². The largest absolute Gasteiger partial charge is 0.468 e. The van der Waals surface area contributed by atoms with Crippen LogP contribution in [0.1, 0.15) is 22.4 Å². The van der Waals surface area contributed by atoms with E-state index in [1.165, 1.54) is 18.2 Å². The summed E-state index contributed by atoms with van der Waals surface area (Å²) in [7, 11) is 3.26. The molecule has 1 aromatic carbocycles. The Morgan fingerprint density at radius 1 is 1.39 bits per heavy atom. The summed E-state index contributed by atoms with van der Waals surface area (Å²) in [6, 6.07) is 7.91. The van der Waals surface area contributed by atoms with Gasteiger partial charge in [0.25, 0.3) is 0 Å². The van der Waals surface area contributed by atoms with Crippen LogP contribution in [0.25, 0.3) is 0 Å². The molecule has 1 aliphatic rings. The fraction of sp³-hybridized carbons (Fsp3) is 0.412. The van der Waals surface area contributed by atoms with Crippen LogP contribution in [0.5, 0.6) is 0 Å². The van der Waals surface area contributed by atoms with E-state index in [2.05, 4.69) is 22.1 Å². The van der Waals surface area contributed by atoms with Crippen LogP contribution in [0.15, 0.2) is 24.3 Å². The number of nitrogens with zero attached hydrogens (tertiary/aromatic N) is 3. The van der Waals surface area contributed by atoms with E-state index < -0.39 is 0 Å². The van der Waals surface area contributed by atoms with Crippen LogP contribution in [-0.4, -0.2) is 33.8 Å². The van der Waals surface area contributed by atoms with Gasteiger partial charge in [-0.25, -0.2) is 0 Å². The Hall–Kier alpha value is -1.85. The molecule has 1 aliphatic heterocycles. The predicted molar refractivity (Wildman–Crippen MR) is 88.2 cm³/mol. The molecule has 23 heavy (non-hydrogen) atoms. The van der Waals surface area contributed by atoms with Crippen molar-refractivity contribution in [1.82, 2.24) is 14.7 Å². The van der Waals surface area contributed by atoms with Gasteiger partial charge in [0.15, 0.2) is 0 Å². The second kappa shape index (κ2) is 6.34. The fourth-order valence-corrected chi connectivity index (χ4v) is 3.40. The molecule has 0 N–H and O–H groups in total. The van der Waals surface area contributed by atoms with Crippen LogP contribution in [0.4, 0.5) is 0 Å². The third-order valence-corrected chi connectivity index (χ3v) is 4.92. The Kier molecular flexibility index (Phi) is 4.41. The van der Waals surface area contributed by atoms with E-state index >= 15 is 0 Å². The number of esters is 1. The van der Waals surface area contributed by atoms with Gasteiger partial charge in [-0.05, 0) is 24.5 Å². The van der Waals surface area contributed by atoms with E-state index in [1.807, 2.05) is 26.1 Å². The zero-order valence-electron chi connectivity index (χ0n) is 13.5. The maximum Gasteiger partial charge on any atom is 0.323 e. The van der Waals surface area contributed by atoms with Crippen molar-refractivity contribution in [3.8, 4) is 0 Å². The summed E-state index contributed by atoms with van der Waals surface area (Å²) >= 11 is 6.35. The molecule has 0 spiro atoms. The van der Waals surface area contributed by atoms with Gasteiger partial charge in [0.2, 0.25) is 0 Å². The molecule has 0 unspecified atom stereocenters. The van der Waals surface area contributed by atoms with Gasteiger partial charge >= 0.3 is 5.97 Å². The average Bonchev–Trinajstić information content (AvgIpc) is 2.79. The molecule has 0 saturated heterocycles. The Morgan fingerprint density at radius 2 is 2.09 bits per heavy atom. The minimum Gasteiger partial charge on any atom is -0.468 e. The third kappa shape index (κ3) is 2.99. The quantitative estimate of drug-likeness (QED) is 0.810. The van der Waals surface area contributed by atoms with E-state index in [0.717, 1.165) is 11.3 Å². The number of carbonyl (C=O) groups is 1. The van der Waals surface area contributed by atoms with Gasteiger partial charge in [0.1, 0.15) is 11.2 Å². The summed E-state index contributed by atoms with van der Waals surface area (Å²) in [5.74, 6) is -0.211. The normalized spacial score (nSPS) is 17.8. The van der Waals surface area contributed by atoms with Crippen molar-refractivity contribution in [2.75, 3.05) is 7.11 Å². The number of benzene rings is 1. The molecule has 0 fully saturated rings. The number of ether oxygens (including phenoxy) is 1. The average molecular weight is 334 g/mol. The van der Waals surface area contributed by atoms with Crippen LogP contribution < -0.4 is 0 Å². The SMILES string of the molecule is COC(=O)[C@@H]1Cc2ccccc2CN1Cc1c(C)nn(C)c1Cl. The van der Waals surface area contributed by atoms with Crippen LogP contribution in [0.3, 0.4) is 0 Å². The number of aromatic nitrogens is 2. The van der Waals surface area contributed by atoms with Crippen molar-refractivity contribution in [2.45, 2.75) is 32.5 Å². The van der Waals surface area contributed by atoms with E-state index in [9.17, 15) is 4.79 Å². The molecule has 0 saturated carbocycles. The Bertz CT molecular complexity index is 741. The maximum atomic E-state index is 12.2. The number of hydrogen-bond donors (Lipinski definition) is 0. The molecule has 6 heteroatoms. The lowest BCUT2D eigenvalue weighted by molar-refractivity contribution is -0.148. The summed E-state index contributed by atoms with van der Waals surface area (Å²) in [6.07, 6.45) is 0.653. The fourth-order valence-electron chi connectivity index (χ4n) is 3.17. The first-order valence-corrected chi connectivity index (χ1v) is 7.95. The molecule has 0 radical (unpaired) electrons. The number of hydrogen-bond acceptors (Lipinski definition) is 4. The predicted octanol–water partition coefficient (Wildman–Crippen LogP) is 2.48. The molecule has 1 aromatic heterocycles. The minimum absolute atomic E-state index is 0.211. The second-order valence-electron chi connectivity index (χ2n) is 5.90. The van der Waals surface area contributed by atoms with Crippen molar-refractivity contribution in [1.29, 1.82) is 0 Å². The highest BCUT2D eigenvalue weighted by molar-refractivity contribution is 6.30. The highest BCUT2D eigenvalue weighted by atomic mass is 35.5. The number of fused-ring (bicyclic) bond motifs is 1. The summed E-state index contributed by atoms with van der Waals surface area (Å²) in [5.41, 5.74) is 4.29. The number of rotatable bonds is 3. The molecule has 0 bridgehead atoms. The number of halogens is 1. The first-order chi connectivity index (χ1) is 11.0. The van der Waals surface area contributed by atoms with E-state index in [1.54, 1.807) is 4.68 Å². The lowest BCUT2D eigenvalue weighted by Crippen LogP contribution is -2.45. The standard InChI is InChI=1S/C17H20ClN3O2/c1-11-14(16(18)20(2)19-11)10-21-9-13-7-5-4-6-12(13)8-15(21)17(22)23-3/h4-7,15H,8-10H2,1-3H3/t15-/m0/s1. The summed E-state index contributed by atoms with van der Waals surface area (Å²) < 4.78 is 6.67. The van der Waals surface area contributed by atoms with Gasteiger partial charge in [0.05, 0.1) is 12.8 Å². The van der Waals surface area contributed by atoms with Crippen molar-refractivity contribution in [3.63, 3.8) is 0 Å². The van der Waals surface area contributed by atoms with Crippen LogP contribution >= 0.6 is 11.6 Å². The summed E-state index contributed by atoms with van der Waals surface area (Å²) in [4.78, 5) is 14.3. The van der Waals surface area contributed by atoms with Crippen LogP contribution in [0, 0.1) is 6.92 Å². The monoisotopic (exact) mass is 333 g/mol. The number of aryl methyl sites for hydroxylation is 2. The molecule has 1 atom stereocenters. The van der Waals surface area contributed by atoms with Crippen LogP contribution in [0.2, 0.25) is 5.15 Å². The minimum atomic E-state index is -0.300. The zero-order valence-corrected chi connectivity index (χ0v) is 14.3. The molecule has 0 aliphatic carbocycles. The summed E-state index contributed by atoms with van der Waals surface area (Å²) in [6.45, 7) is 3.21. The van der Waals surface area contributed by atoms with Crippen molar-refractivity contribution in [2.24, 2.45) is 7.05 Å². The van der Waals surface area contributed by atoms with E-state index in [-0.39, 0.29) is 12.0 Å². The lowest BCUT2D eigenvalue weighted by Gasteiger charge is -2.35. The Balaban J connectivity index is 1.93. The Morgan fingerprint density at radius 3 is 2.70 bits per heavy atom. The smallest absolute Gasteiger partial charge is 0.323 e.